The first-order valence-corrected chi connectivity index (χ1v) is 8.20. The van der Waals surface area contributed by atoms with Gasteiger partial charge in [-0.05, 0) is 16.4 Å². The van der Waals surface area contributed by atoms with Crippen molar-refractivity contribution in [3.05, 3.63) is 60.5 Å². The second kappa shape index (κ2) is 6.89. The van der Waals surface area contributed by atoms with Crippen molar-refractivity contribution >= 4 is 33.6 Å². The Hall–Kier alpha value is -3.32. The molecule has 0 atom stereocenters. The van der Waals surface area contributed by atoms with Gasteiger partial charge in [0.1, 0.15) is 11.1 Å². The number of nitrogens with one attached hydrogen (secondary N) is 1. The molecule has 2 aromatic rings. The lowest BCUT2D eigenvalue weighted by Crippen LogP contribution is -2.15. The Bertz CT molecular complexity index is 920. The highest BCUT2D eigenvalue weighted by Gasteiger charge is 2.25. The molecule has 2 rings (SSSR count). The number of hydrogen-bond donors (Lipinski definition) is 1. The maximum Gasteiger partial charge on any atom is 0.277 e. The van der Waals surface area contributed by atoms with E-state index in [4.69, 9.17) is 0 Å². The average molecular weight is 374 g/mol. The third kappa shape index (κ3) is 3.84. The summed E-state index contributed by atoms with van der Waals surface area (Å²) in [4.78, 5) is 32.7. The number of thiophene rings is 1. The van der Waals surface area contributed by atoms with E-state index in [0.717, 1.165) is 35.1 Å². The SMILES string of the molecule is CC(C)(C)c1csc(NC(=O)c2cc([N+](=O)[O-])cc([N+](=O)[O-])c2)c1C#N. The number of rotatable bonds is 4. The fourth-order valence-electron chi connectivity index (χ4n) is 2.23. The molecule has 134 valence electrons. The molecule has 0 aliphatic heterocycles. The highest BCUT2D eigenvalue weighted by molar-refractivity contribution is 7.14. The van der Waals surface area contributed by atoms with Crippen LogP contribution in [0.1, 0.15) is 42.3 Å². The van der Waals surface area contributed by atoms with E-state index in [0.29, 0.717) is 5.56 Å². The monoisotopic (exact) mass is 374 g/mol. The molecule has 1 heterocycles. The topological polar surface area (TPSA) is 139 Å². The van der Waals surface area contributed by atoms with Crippen molar-refractivity contribution in [3.8, 4) is 6.07 Å². The highest BCUT2D eigenvalue weighted by atomic mass is 32.1. The zero-order valence-corrected chi connectivity index (χ0v) is 14.9. The van der Waals surface area contributed by atoms with E-state index < -0.39 is 27.1 Å². The summed E-state index contributed by atoms with van der Waals surface area (Å²) in [6.07, 6.45) is 0. The Morgan fingerprint density at radius 2 is 1.69 bits per heavy atom. The van der Waals surface area contributed by atoms with Gasteiger partial charge in [-0.3, -0.25) is 25.0 Å². The van der Waals surface area contributed by atoms with Gasteiger partial charge < -0.3 is 5.32 Å². The molecule has 1 N–H and O–H groups in total. The molecule has 0 aliphatic rings. The first-order valence-electron chi connectivity index (χ1n) is 7.32. The molecule has 26 heavy (non-hydrogen) atoms. The quantitative estimate of drug-likeness (QED) is 0.634. The molecule has 0 saturated carbocycles. The second-order valence-corrected chi connectivity index (χ2v) is 7.30. The van der Waals surface area contributed by atoms with Gasteiger partial charge in [-0.15, -0.1) is 11.3 Å². The third-order valence-corrected chi connectivity index (χ3v) is 4.42. The minimum absolute atomic E-state index is 0.236. The standard InChI is InChI=1S/C16H14N4O5S/c1-16(2,3)13-8-26-15(12(13)7-17)18-14(21)9-4-10(19(22)23)6-11(5-9)20(24)25/h4-6,8H,1-3H3,(H,18,21). The second-order valence-electron chi connectivity index (χ2n) is 6.42. The molecule has 1 aromatic carbocycles. The number of nitrogens with zero attached hydrogens (tertiary/aromatic N) is 3. The molecule has 0 unspecified atom stereocenters. The van der Waals surface area contributed by atoms with Gasteiger partial charge in [0.15, 0.2) is 0 Å². The summed E-state index contributed by atoms with van der Waals surface area (Å²) >= 11 is 1.15. The summed E-state index contributed by atoms with van der Waals surface area (Å²) in [5, 5.41) is 35.8. The van der Waals surface area contributed by atoms with E-state index >= 15 is 0 Å². The summed E-state index contributed by atoms with van der Waals surface area (Å²) in [5.74, 6) is -0.768. The van der Waals surface area contributed by atoms with E-state index in [9.17, 15) is 30.3 Å². The van der Waals surface area contributed by atoms with Crippen molar-refractivity contribution in [3.63, 3.8) is 0 Å². The lowest BCUT2D eigenvalue weighted by molar-refractivity contribution is -0.394. The fraction of sp³-hybridized carbons (Fsp3) is 0.250. The summed E-state index contributed by atoms with van der Waals surface area (Å²) < 4.78 is 0. The number of benzene rings is 1. The molecular weight excluding hydrogens is 360 g/mol. The first-order chi connectivity index (χ1) is 12.0. The predicted octanol–water partition coefficient (Wildman–Crippen LogP) is 3.99. The van der Waals surface area contributed by atoms with E-state index in [1.54, 1.807) is 5.38 Å². The first kappa shape index (κ1) is 19.0. The van der Waals surface area contributed by atoms with E-state index in [2.05, 4.69) is 5.32 Å². The van der Waals surface area contributed by atoms with Crippen LogP contribution in [-0.4, -0.2) is 15.8 Å². The fourth-order valence-corrected chi connectivity index (χ4v) is 3.36. The Labute approximate surface area is 152 Å². The summed E-state index contributed by atoms with van der Waals surface area (Å²) in [6.45, 7) is 5.77. The van der Waals surface area contributed by atoms with Crippen LogP contribution in [0.4, 0.5) is 16.4 Å². The molecule has 1 aromatic heterocycles. The van der Waals surface area contributed by atoms with E-state index in [-0.39, 0.29) is 16.0 Å². The number of carbonyl (C=O) groups excluding carboxylic acids is 1. The summed E-state index contributed by atoms with van der Waals surface area (Å²) in [6, 6.07) is 4.73. The maximum atomic E-state index is 12.4. The molecule has 10 heteroatoms. The maximum absolute atomic E-state index is 12.4. The van der Waals surface area contributed by atoms with Crippen LogP contribution in [0.15, 0.2) is 23.6 Å². The van der Waals surface area contributed by atoms with Crippen LogP contribution < -0.4 is 5.32 Å². The molecule has 0 aliphatic carbocycles. The summed E-state index contributed by atoms with van der Waals surface area (Å²) in [5.41, 5.74) is -0.617. The lowest BCUT2D eigenvalue weighted by Gasteiger charge is -2.17. The van der Waals surface area contributed by atoms with Crippen LogP contribution in [0.25, 0.3) is 0 Å². The van der Waals surface area contributed by atoms with E-state index in [1.165, 1.54) is 0 Å². The van der Waals surface area contributed by atoms with Gasteiger partial charge >= 0.3 is 0 Å². The van der Waals surface area contributed by atoms with E-state index in [1.807, 2.05) is 26.8 Å². The number of anilines is 1. The smallest absolute Gasteiger partial charge is 0.277 e. The van der Waals surface area contributed by atoms with Gasteiger partial charge in [0.25, 0.3) is 17.3 Å². The average Bonchev–Trinajstić information content (AvgIpc) is 2.97. The number of amides is 1. The largest absolute Gasteiger partial charge is 0.312 e. The highest BCUT2D eigenvalue weighted by Crippen LogP contribution is 2.36. The van der Waals surface area contributed by atoms with Gasteiger partial charge in [-0.2, -0.15) is 5.26 Å². The van der Waals surface area contributed by atoms with Crippen LogP contribution in [0, 0.1) is 31.6 Å². The Morgan fingerprint density at radius 1 is 1.15 bits per heavy atom. The minimum Gasteiger partial charge on any atom is -0.312 e. The lowest BCUT2D eigenvalue weighted by atomic mass is 9.86. The van der Waals surface area contributed by atoms with Crippen molar-refractivity contribution in [1.82, 2.24) is 0 Å². The van der Waals surface area contributed by atoms with Crippen molar-refractivity contribution < 1.29 is 14.6 Å². The number of hydrogen-bond acceptors (Lipinski definition) is 7. The zero-order valence-electron chi connectivity index (χ0n) is 14.1. The minimum atomic E-state index is -0.812. The van der Waals surface area contributed by atoms with Crippen LogP contribution in [-0.2, 0) is 5.41 Å². The van der Waals surface area contributed by atoms with Crippen molar-refractivity contribution in [2.24, 2.45) is 0 Å². The number of carbonyl (C=O) groups is 1. The van der Waals surface area contributed by atoms with Crippen LogP contribution in [0.3, 0.4) is 0 Å². The molecule has 0 fully saturated rings. The Balaban J connectivity index is 2.43. The molecule has 0 saturated heterocycles. The Morgan fingerprint density at radius 3 is 2.12 bits per heavy atom. The molecule has 0 spiro atoms. The molecular formula is C16H14N4O5S. The molecule has 9 nitrogen and oxygen atoms in total. The van der Waals surface area contributed by atoms with Crippen molar-refractivity contribution in [2.45, 2.75) is 26.2 Å². The Kier molecular flexibility index (Phi) is 5.04. The molecule has 0 radical (unpaired) electrons. The zero-order chi connectivity index (χ0) is 19.6. The third-order valence-electron chi connectivity index (χ3n) is 3.52. The van der Waals surface area contributed by atoms with Crippen molar-refractivity contribution in [2.75, 3.05) is 5.32 Å². The van der Waals surface area contributed by atoms with Gasteiger partial charge in [0.2, 0.25) is 0 Å². The predicted molar refractivity (Wildman–Crippen MR) is 95.4 cm³/mol. The number of nitro benzene ring substituents is 2. The summed E-state index contributed by atoms with van der Waals surface area (Å²) in [7, 11) is 0. The normalized spacial score (nSPS) is 10.8. The number of nitriles is 1. The van der Waals surface area contributed by atoms with Gasteiger partial charge in [-0.25, -0.2) is 0 Å². The van der Waals surface area contributed by atoms with Gasteiger partial charge in [0, 0.05) is 12.1 Å². The molecule has 1 amide bonds. The number of non-ortho nitro benzene ring substituents is 2. The van der Waals surface area contributed by atoms with Crippen LogP contribution >= 0.6 is 11.3 Å². The van der Waals surface area contributed by atoms with Crippen LogP contribution in [0.2, 0.25) is 0 Å². The number of nitro groups is 2. The van der Waals surface area contributed by atoms with Crippen LogP contribution in [0.5, 0.6) is 0 Å². The van der Waals surface area contributed by atoms with Gasteiger partial charge in [-0.1, -0.05) is 20.8 Å². The van der Waals surface area contributed by atoms with Gasteiger partial charge in [0.05, 0.1) is 27.0 Å². The molecule has 0 bridgehead atoms. The van der Waals surface area contributed by atoms with Crippen molar-refractivity contribution in [1.29, 1.82) is 5.26 Å².